The summed E-state index contributed by atoms with van der Waals surface area (Å²) in [7, 11) is 1.73. The number of aromatic nitrogens is 1. The summed E-state index contributed by atoms with van der Waals surface area (Å²) in [5, 5.41) is 10.6. The molecule has 3 N–H and O–H groups in total. The Morgan fingerprint density at radius 2 is 1.87 bits per heavy atom. The van der Waals surface area contributed by atoms with E-state index in [0.717, 1.165) is 38.0 Å². The summed E-state index contributed by atoms with van der Waals surface area (Å²) in [5.74, 6) is 0.0336. The summed E-state index contributed by atoms with van der Waals surface area (Å²) < 4.78 is 7.54. The lowest BCUT2D eigenvalue weighted by Gasteiger charge is -2.33. The Labute approximate surface area is 224 Å². The Kier molecular flexibility index (Phi) is 8.61. The lowest BCUT2D eigenvalue weighted by molar-refractivity contribution is -0.137. The first-order chi connectivity index (χ1) is 18.6. The van der Waals surface area contributed by atoms with Crippen molar-refractivity contribution in [3.05, 3.63) is 71.9 Å². The number of carbonyl (C=O) groups excluding carboxylic acids is 2. The third-order valence-electron chi connectivity index (χ3n) is 7.56. The van der Waals surface area contributed by atoms with Crippen LogP contribution in [0, 0.1) is 5.92 Å². The normalized spacial score (nSPS) is 19.3. The smallest absolute Gasteiger partial charge is 0.315 e. The number of piperidine rings is 1. The van der Waals surface area contributed by atoms with Gasteiger partial charge < -0.3 is 30.2 Å². The van der Waals surface area contributed by atoms with Crippen LogP contribution in [0.1, 0.15) is 36.8 Å². The largest absolute Gasteiger partial charge is 0.385 e. The lowest BCUT2D eigenvalue weighted by Crippen LogP contribution is -2.54. The molecule has 1 saturated heterocycles. The minimum Gasteiger partial charge on any atom is -0.385 e. The molecule has 2 aliphatic rings. The third kappa shape index (κ3) is 6.55. The van der Waals surface area contributed by atoms with Gasteiger partial charge in [-0.25, -0.2) is 4.79 Å². The van der Waals surface area contributed by atoms with Crippen molar-refractivity contribution in [3.8, 4) is 0 Å². The van der Waals surface area contributed by atoms with Crippen LogP contribution in [-0.2, 0) is 29.2 Å². The van der Waals surface area contributed by atoms with Gasteiger partial charge in [0.2, 0.25) is 5.91 Å². The van der Waals surface area contributed by atoms with Crippen LogP contribution >= 0.6 is 0 Å². The molecule has 202 valence electrons. The lowest BCUT2D eigenvalue weighted by atomic mass is 9.94. The van der Waals surface area contributed by atoms with Crippen LogP contribution in [0.5, 0.6) is 0 Å². The number of benzene rings is 2. The fourth-order valence-corrected chi connectivity index (χ4v) is 5.46. The molecule has 2 atom stereocenters. The average molecular weight is 518 g/mol. The van der Waals surface area contributed by atoms with Crippen molar-refractivity contribution in [1.29, 1.82) is 0 Å². The number of carbonyl (C=O) groups is 2. The summed E-state index contributed by atoms with van der Waals surface area (Å²) in [6.07, 6.45) is 5.92. The van der Waals surface area contributed by atoms with Gasteiger partial charge in [0.25, 0.3) is 0 Å². The third-order valence-corrected chi connectivity index (χ3v) is 7.56. The van der Waals surface area contributed by atoms with Gasteiger partial charge in [-0.1, -0.05) is 48.5 Å². The zero-order chi connectivity index (χ0) is 26.3. The maximum atomic E-state index is 13.8. The molecule has 3 amide bonds. The fraction of sp³-hybridized carbons (Fsp3) is 0.467. The van der Waals surface area contributed by atoms with E-state index in [1.54, 1.807) is 7.11 Å². The van der Waals surface area contributed by atoms with Crippen LogP contribution in [0.3, 0.4) is 0 Å². The van der Waals surface area contributed by atoms with Crippen molar-refractivity contribution in [2.45, 2.75) is 57.4 Å². The number of fused-ring (bicyclic) bond motifs is 1. The number of para-hydroxylation sites is 1. The molecule has 8 heteroatoms. The minimum absolute atomic E-state index is 0.0859. The predicted octanol–water partition coefficient (Wildman–Crippen LogP) is 3.65. The number of rotatable bonds is 11. The minimum atomic E-state index is -0.200. The van der Waals surface area contributed by atoms with Crippen LogP contribution < -0.4 is 16.0 Å². The number of aryl methyl sites for hydroxylation is 1. The number of hydrogen-bond donors (Lipinski definition) is 3. The topological polar surface area (TPSA) is 87.6 Å². The van der Waals surface area contributed by atoms with E-state index >= 15 is 0 Å². The molecule has 0 radical (unpaired) electrons. The monoisotopic (exact) mass is 517 g/mol. The van der Waals surface area contributed by atoms with Crippen LogP contribution in [0.4, 0.5) is 4.79 Å². The second-order valence-electron chi connectivity index (χ2n) is 10.5. The number of nitrogens with zero attached hydrogens (tertiary/aromatic N) is 2. The summed E-state index contributed by atoms with van der Waals surface area (Å²) >= 11 is 0. The van der Waals surface area contributed by atoms with Gasteiger partial charge in [0, 0.05) is 75.6 Å². The zero-order valence-electron chi connectivity index (χ0n) is 22.2. The van der Waals surface area contributed by atoms with E-state index in [4.69, 9.17) is 4.74 Å². The number of urea groups is 1. The van der Waals surface area contributed by atoms with Gasteiger partial charge in [0.15, 0.2) is 0 Å². The number of nitrogens with one attached hydrogen (secondary N) is 3. The quantitative estimate of drug-likeness (QED) is 0.339. The molecule has 0 spiro atoms. The second kappa shape index (κ2) is 12.5. The molecule has 2 unspecified atom stereocenters. The van der Waals surface area contributed by atoms with Gasteiger partial charge in [-0.15, -0.1) is 0 Å². The summed E-state index contributed by atoms with van der Waals surface area (Å²) in [6.45, 7) is 4.02. The SMILES string of the molecule is COCCCn1cc(CN(C(=O)C2CNCC(NC(=O)NCc3ccccc3)C2)C2CC2)c2ccccc21. The summed E-state index contributed by atoms with van der Waals surface area (Å²) in [4.78, 5) is 28.4. The molecule has 1 aromatic heterocycles. The highest BCUT2D eigenvalue weighted by Crippen LogP contribution is 2.33. The van der Waals surface area contributed by atoms with Crippen LogP contribution in [0.15, 0.2) is 60.8 Å². The first-order valence-electron chi connectivity index (χ1n) is 13.8. The van der Waals surface area contributed by atoms with E-state index in [1.807, 2.05) is 30.3 Å². The molecular weight excluding hydrogens is 478 g/mol. The van der Waals surface area contributed by atoms with Crippen LogP contribution in [0.2, 0.25) is 0 Å². The number of amides is 3. The molecule has 1 saturated carbocycles. The van der Waals surface area contributed by atoms with Gasteiger partial charge in [0.1, 0.15) is 0 Å². The van der Waals surface area contributed by atoms with E-state index < -0.39 is 0 Å². The molecular formula is C30H39N5O3. The Morgan fingerprint density at radius 3 is 2.66 bits per heavy atom. The van der Waals surface area contributed by atoms with Crippen molar-refractivity contribution in [1.82, 2.24) is 25.4 Å². The first-order valence-corrected chi connectivity index (χ1v) is 13.8. The predicted molar refractivity (Wildman–Crippen MR) is 149 cm³/mol. The molecule has 2 heterocycles. The van der Waals surface area contributed by atoms with Gasteiger partial charge in [-0.2, -0.15) is 0 Å². The standard InChI is InChI=1S/C30H39N5O3/c1-38-15-7-14-34-20-24(27-10-5-6-11-28(27)34)21-35(26-12-13-26)29(36)23-16-25(19-31-18-23)33-30(37)32-17-22-8-3-2-4-9-22/h2-6,8-11,20,23,25-26,31H,7,12-19,21H2,1H3,(H2,32,33,37). The molecule has 2 fully saturated rings. The van der Waals surface area contributed by atoms with Crippen molar-refractivity contribution in [3.63, 3.8) is 0 Å². The molecule has 8 nitrogen and oxygen atoms in total. The molecule has 5 rings (SSSR count). The maximum absolute atomic E-state index is 13.8. The van der Waals surface area contributed by atoms with Gasteiger partial charge in [0.05, 0.1) is 5.92 Å². The molecule has 38 heavy (non-hydrogen) atoms. The van der Waals surface area contributed by atoms with E-state index in [-0.39, 0.29) is 23.9 Å². The number of hydrogen-bond acceptors (Lipinski definition) is 4. The van der Waals surface area contributed by atoms with Gasteiger partial charge >= 0.3 is 6.03 Å². The Balaban J connectivity index is 1.22. The average Bonchev–Trinajstić information content (AvgIpc) is 3.73. The highest BCUT2D eigenvalue weighted by atomic mass is 16.5. The van der Waals surface area contributed by atoms with Crippen LogP contribution in [0.25, 0.3) is 10.9 Å². The van der Waals surface area contributed by atoms with Crippen LogP contribution in [-0.4, -0.2) is 60.3 Å². The van der Waals surface area contributed by atoms with Crippen molar-refractivity contribution in [2.24, 2.45) is 5.92 Å². The maximum Gasteiger partial charge on any atom is 0.315 e. The van der Waals surface area contributed by atoms with E-state index in [9.17, 15) is 9.59 Å². The zero-order valence-corrected chi connectivity index (χ0v) is 22.2. The summed E-state index contributed by atoms with van der Waals surface area (Å²) in [5.41, 5.74) is 3.45. The molecule has 1 aliphatic heterocycles. The van der Waals surface area contributed by atoms with E-state index in [0.29, 0.717) is 38.6 Å². The Morgan fingerprint density at radius 1 is 1.08 bits per heavy atom. The highest BCUT2D eigenvalue weighted by molar-refractivity contribution is 5.85. The second-order valence-corrected chi connectivity index (χ2v) is 10.5. The van der Waals surface area contributed by atoms with E-state index in [2.05, 4.69) is 55.9 Å². The molecule has 2 aromatic carbocycles. The summed E-state index contributed by atoms with van der Waals surface area (Å²) in [6, 6.07) is 18.3. The first kappa shape index (κ1) is 26.3. The van der Waals surface area contributed by atoms with Crippen molar-refractivity contribution in [2.75, 3.05) is 26.8 Å². The van der Waals surface area contributed by atoms with Crippen molar-refractivity contribution >= 4 is 22.8 Å². The number of ether oxygens (including phenoxy) is 1. The van der Waals surface area contributed by atoms with E-state index in [1.165, 1.54) is 16.5 Å². The fourth-order valence-electron chi connectivity index (χ4n) is 5.46. The molecule has 0 bridgehead atoms. The molecule has 1 aliphatic carbocycles. The number of methoxy groups -OCH3 is 1. The van der Waals surface area contributed by atoms with Gasteiger partial charge in [-0.05, 0) is 42.9 Å². The van der Waals surface area contributed by atoms with Gasteiger partial charge in [-0.3, -0.25) is 4.79 Å². The highest BCUT2D eigenvalue weighted by Gasteiger charge is 2.38. The van der Waals surface area contributed by atoms with Crippen molar-refractivity contribution < 1.29 is 14.3 Å². The molecule has 3 aromatic rings. The Bertz CT molecular complexity index is 1220. The Hall–Kier alpha value is -3.36.